The monoisotopic (exact) mass is 325 g/mol. The van der Waals surface area contributed by atoms with Gasteiger partial charge in [-0.15, -0.1) is 12.4 Å². The molecule has 1 aliphatic heterocycles. The van der Waals surface area contributed by atoms with E-state index in [-0.39, 0.29) is 24.2 Å². The van der Waals surface area contributed by atoms with E-state index in [0.717, 1.165) is 51.9 Å². The highest BCUT2D eigenvalue weighted by Gasteiger charge is 2.19. The normalized spacial score (nSPS) is 15.0. The van der Waals surface area contributed by atoms with Crippen molar-refractivity contribution in [3.05, 3.63) is 30.3 Å². The van der Waals surface area contributed by atoms with Gasteiger partial charge in [0.05, 0.1) is 0 Å². The summed E-state index contributed by atoms with van der Waals surface area (Å²) in [4.78, 5) is 14.2. The molecule has 4 nitrogen and oxygen atoms in total. The Bertz CT molecular complexity index is 421. The predicted molar refractivity (Wildman–Crippen MR) is 94.8 cm³/mol. The zero-order valence-electron chi connectivity index (χ0n) is 13.4. The number of nitrogens with one attached hydrogen (secondary N) is 2. The first kappa shape index (κ1) is 18.8. The van der Waals surface area contributed by atoms with E-state index in [1.54, 1.807) is 0 Å². The molecule has 0 bridgehead atoms. The molecule has 124 valence electrons. The van der Waals surface area contributed by atoms with E-state index in [9.17, 15) is 4.79 Å². The summed E-state index contributed by atoms with van der Waals surface area (Å²) < 4.78 is 0. The second-order valence-corrected chi connectivity index (χ2v) is 5.78. The number of carbonyl (C=O) groups is 1. The van der Waals surface area contributed by atoms with E-state index in [2.05, 4.69) is 46.8 Å². The molecule has 0 spiro atoms. The zero-order chi connectivity index (χ0) is 14.9. The summed E-state index contributed by atoms with van der Waals surface area (Å²) in [6, 6.07) is 10.4. The first-order chi connectivity index (χ1) is 10.3. The second-order valence-electron chi connectivity index (χ2n) is 5.78. The van der Waals surface area contributed by atoms with Crippen molar-refractivity contribution in [2.75, 3.05) is 38.1 Å². The minimum atomic E-state index is 0. The van der Waals surface area contributed by atoms with E-state index in [1.165, 1.54) is 5.69 Å². The number of anilines is 1. The summed E-state index contributed by atoms with van der Waals surface area (Å²) in [6.07, 6.45) is 4.08. The van der Waals surface area contributed by atoms with Gasteiger partial charge in [-0.3, -0.25) is 4.79 Å². The van der Waals surface area contributed by atoms with E-state index >= 15 is 0 Å². The molecule has 0 aliphatic carbocycles. The molecule has 1 aromatic rings. The second kappa shape index (κ2) is 10.5. The van der Waals surface area contributed by atoms with Gasteiger partial charge in [0.1, 0.15) is 0 Å². The number of nitrogens with zero attached hydrogens (tertiary/aromatic N) is 1. The maximum absolute atomic E-state index is 12.0. The van der Waals surface area contributed by atoms with Crippen LogP contribution < -0.4 is 15.5 Å². The quantitative estimate of drug-likeness (QED) is 0.757. The first-order valence-electron chi connectivity index (χ1n) is 8.02. The standard InChI is InChI=1S/C17H27N3O.ClH/c1-20(16-7-3-2-4-8-16)14-6-5-11-19-17(21)15-9-12-18-13-10-15;/h2-4,7-8,15,18H,5-6,9-14H2,1H3,(H,19,21);1H. The molecule has 22 heavy (non-hydrogen) atoms. The number of para-hydroxylation sites is 1. The molecule has 0 unspecified atom stereocenters. The Balaban J connectivity index is 0.00000242. The fourth-order valence-electron chi connectivity index (χ4n) is 2.73. The van der Waals surface area contributed by atoms with Gasteiger partial charge in [-0.05, 0) is 50.9 Å². The summed E-state index contributed by atoms with van der Waals surface area (Å²) in [5.74, 6) is 0.464. The van der Waals surface area contributed by atoms with Gasteiger partial charge in [0.2, 0.25) is 5.91 Å². The molecule has 0 atom stereocenters. The van der Waals surface area contributed by atoms with E-state index in [4.69, 9.17) is 0 Å². The van der Waals surface area contributed by atoms with Crippen molar-refractivity contribution < 1.29 is 4.79 Å². The molecule has 1 amide bonds. The van der Waals surface area contributed by atoms with Crippen LogP contribution >= 0.6 is 12.4 Å². The Hall–Kier alpha value is -1.26. The van der Waals surface area contributed by atoms with Gasteiger partial charge >= 0.3 is 0 Å². The number of halogens is 1. The minimum absolute atomic E-state index is 0. The van der Waals surface area contributed by atoms with Crippen LogP contribution in [0.3, 0.4) is 0 Å². The van der Waals surface area contributed by atoms with Crippen LogP contribution in [0.2, 0.25) is 0 Å². The zero-order valence-corrected chi connectivity index (χ0v) is 14.2. The largest absolute Gasteiger partial charge is 0.375 e. The number of carbonyl (C=O) groups excluding carboxylic acids is 1. The van der Waals surface area contributed by atoms with E-state index in [1.807, 2.05) is 6.07 Å². The lowest BCUT2D eigenvalue weighted by atomic mass is 9.97. The average molecular weight is 326 g/mol. The Morgan fingerprint density at radius 2 is 1.91 bits per heavy atom. The van der Waals surface area contributed by atoms with Crippen molar-refractivity contribution in [2.45, 2.75) is 25.7 Å². The summed E-state index contributed by atoms with van der Waals surface area (Å²) in [5, 5.41) is 6.37. The minimum Gasteiger partial charge on any atom is -0.375 e. The third-order valence-electron chi connectivity index (χ3n) is 4.13. The average Bonchev–Trinajstić information content (AvgIpc) is 2.55. The van der Waals surface area contributed by atoms with Crippen molar-refractivity contribution >= 4 is 24.0 Å². The van der Waals surface area contributed by atoms with E-state index < -0.39 is 0 Å². The lowest BCUT2D eigenvalue weighted by Crippen LogP contribution is -2.38. The van der Waals surface area contributed by atoms with Crippen LogP contribution in [-0.2, 0) is 4.79 Å². The molecule has 1 heterocycles. The van der Waals surface area contributed by atoms with Crippen molar-refractivity contribution in [3.63, 3.8) is 0 Å². The molecular formula is C17H28ClN3O. The van der Waals surface area contributed by atoms with Crippen molar-refractivity contribution in [3.8, 4) is 0 Å². The molecule has 2 rings (SSSR count). The van der Waals surface area contributed by atoms with Crippen LogP contribution in [0.1, 0.15) is 25.7 Å². The van der Waals surface area contributed by atoms with E-state index in [0.29, 0.717) is 0 Å². The highest BCUT2D eigenvalue weighted by atomic mass is 35.5. The molecule has 2 N–H and O–H groups in total. The number of amides is 1. The van der Waals surface area contributed by atoms with Gasteiger partial charge in [0.15, 0.2) is 0 Å². The van der Waals surface area contributed by atoms with Gasteiger partial charge in [0.25, 0.3) is 0 Å². The number of rotatable bonds is 7. The Kier molecular flexibility index (Phi) is 8.94. The molecule has 0 radical (unpaired) electrons. The van der Waals surface area contributed by atoms with Gasteiger partial charge in [-0.25, -0.2) is 0 Å². The van der Waals surface area contributed by atoms with Crippen molar-refractivity contribution in [1.29, 1.82) is 0 Å². The number of benzene rings is 1. The number of hydrogen-bond acceptors (Lipinski definition) is 3. The van der Waals surface area contributed by atoms with Gasteiger partial charge in [-0.1, -0.05) is 18.2 Å². The van der Waals surface area contributed by atoms with Crippen LogP contribution in [0.15, 0.2) is 30.3 Å². The number of piperidine rings is 1. The lowest BCUT2D eigenvalue weighted by Gasteiger charge is -2.22. The topological polar surface area (TPSA) is 44.4 Å². The summed E-state index contributed by atoms with van der Waals surface area (Å²) in [5.41, 5.74) is 1.25. The van der Waals surface area contributed by atoms with Crippen LogP contribution in [0, 0.1) is 5.92 Å². The fourth-order valence-corrected chi connectivity index (χ4v) is 2.73. The molecule has 5 heteroatoms. The molecule has 0 saturated carbocycles. The molecule has 1 fully saturated rings. The maximum atomic E-state index is 12.0. The molecule has 0 aromatic heterocycles. The Morgan fingerprint density at radius 1 is 1.23 bits per heavy atom. The number of hydrogen-bond donors (Lipinski definition) is 2. The fraction of sp³-hybridized carbons (Fsp3) is 0.588. The third-order valence-corrected chi connectivity index (χ3v) is 4.13. The Labute approximate surface area is 140 Å². The molecule has 1 saturated heterocycles. The molecule has 1 aromatic carbocycles. The predicted octanol–water partition coefficient (Wildman–Crippen LogP) is 2.44. The maximum Gasteiger partial charge on any atom is 0.223 e. The van der Waals surface area contributed by atoms with Crippen LogP contribution in [0.25, 0.3) is 0 Å². The van der Waals surface area contributed by atoms with Gasteiger partial charge < -0.3 is 15.5 Å². The summed E-state index contributed by atoms with van der Waals surface area (Å²) in [7, 11) is 2.11. The van der Waals surface area contributed by atoms with Crippen molar-refractivity contribution in [2.24, 2.45) is 5.92 Å². The number of unbranched alkanes of at least 4 members (excludes halogenated alkanes) is 1. The summed E-state index contributed by atoms with van der Waals surface area (Å²) in [6.45, 7) is 3.76. The molecule has 1 aliphatic rings. The highest BCUT2D eigenvalue weighted by molar-refractivity contribution is 5.85. The van der Waals surface area contributed by atoms with Gasteiger partial charge in [-0.2, -0.15) is 0 Å². The SMILES string of the molecule is CN(CCCCNC(=O)C1CCNCC1)c1ccccc1.Cl. The lowest BCUT2D eigenvalue weighted by molar-refractivity contribution is -0.125. The smallest absolute Gasteiger partial charge is 0.223 e. The van der Waals surface area contributed by atoms with Crippen LogP contribution in [0.4, 0.5) is 5.69 Å². The third kappa shape index (κ3) is 6.24. The van der Waals surface area contributed by atoms with Crippen LogP contribution in [0.5, 0.6) is 0 Å². The van der Waals surface area contributed by atoms with Crippen molar-refractivity contribution in [1.82, 2.24) is 10.6 Å². The van der Waals surface area contributed by atoms with Gasteiger partial charge in [0, 0.05) is 31.7 Å². The highest BCUT2D eigenvalue weighted by Crippen LogP contribution is 2.12. The molecular weight excluding hydrogens is 298 g/mol. The summed E-state index contributed by atoms with van der Waals surface area (Å²) >= 11 is 0. The van der Waals surface area contributed by atoms with Crippen LogP contribution in [-0.4, -0.2) is 39.1 Å². The Morgan fingerprint density at radius 3 is 2.59 bits per heavy atom. The first-order valence-corrected chi connectivity index (χ1v) is 8.02.